The van der Waals surface area contributed by atoms with Crippen molar-refractivity contribution in [2.24, 2.45) is 0 Å². The molecule has 1 saturated heterocycles. The minimum absolute atomic E-state index is 0.227. The van der Waals surface area contributed by atoms with Crippen LogP contribution in [0.1, 0.15) is 30.5 Å². The fourth-order valence-corrected chi connectivity index (χ4v) is 4.11. The molecule has 1 unspecified atom stereocenters. The van der Waals surface area contributed by atoms with Gasteiger partial charge in [-0.05, 0) is 44.7 Å². The summed E-state index contributed by atoms with van der Waals surface area (Å²) in [6.45, 7) is 10.8. The third kappa shape index (κ3) is 7.53. The molecule has 0 N–H and O–H groups in total. The third-order valence-electron chi connectivity index (χ3n) is 6.21. The summed E-state index contributed by atoms with van der Waals surface area (Å²) < 4.78 is 1.75. The molecule has 2 heterocycles. The van der Waals surface area contributed by atoms with Crippen LogP contribution in [-0.2, 0) is 11.3 Å². The number of aldehydes is 1. The molecule has 6 heteroatoms. The molecule has 6 nitrogen and oxygen atoms in total. The highest BCUT2D eigenvalue weighted by Crippen LogP contribution is 2.29. The van der Waals surface area contributed by atoms with E-state index in [2.05, 4.69) is 52.8 Å². The molecule has 0 radical (unpaired) electrons. The van der Waals surface area contributed by atoms with Crippen molar-refractivity contribution in [2.45, 2.75) is 25.8 Å². The van der Waals surface area contributed by atoms with Gasteiger partial charge in [0.2, 0.25) is 0 Å². The van der Waals surface area contributed by atoms with Gasteiger partial charge in [-0.25, -0.2) is 0 Å². The van der Waals surface area contributed by atoms with Crippen molar-refractivity contribution in [1.29, 1.82) is 5.26 Å². The molecule has 2 aliphatic rings. The van der Waals surface area contributed by atoms with Gasteiger partial charge < -0.3 is 14.6 Å². The standard InChI is InChI=1S/C18H15N3O.C12H20N2/c19-13-14-5-4-8-16(11-14)17-12-18(21(20-17)9-10-22)15-6-2-1-3-7-15;1-4-5-6-7-12(2)14-10-8-13(3)9-11-14/h1-6,8,10-12,15H,7,9H2;4-7H,2,8-11H2,1,3H3/b;5-4-,7-6-. The van der Waals surface area contributed by atoms with Crippen LogP contribution in [0.15, 0.2) is 91.2 Å². The normalized spacial score (nSPS) is 17.7. The number of nitrogens with zero attached hydrogens (tertiary/aromatic N) is 5. The van der Waals surface area contributed by atoms with Gasteiger partial charge in [0, 0.05) is 49.1 Å². The number of benzene rings is 1. The molecule has 0 amide bonds. The van der Waals surface area contributed by atoms with Crippen molar-refractivity contribution in [1.82, 2.24) is 19.6 Å². The predicted octanol–water partition coefficient (Wildman–Crippen LogP) is 5.10. The predicted molar refractivity (Wildman–Crippen MR) is 146 cm³/mol. The summed E-state index contributed by atoms with van der Waals surface area (Å²) in [7, 11) is 2.16. The molecule has 36 heavy (non-hydrogen) atoms. The molecule has 2 aromatic rings. The molecule has 186 valence electrons. The highest BCUT2D eigenvalue weighted by Gasteiger charge is 2.17. The maximum atomic E-state index is 10.9. The Kier molecular flexibility index (Phi) is 10.2. The van der Waals surface area contributed by atoms with Gasteiger partial charge in [0.05, 0.1) is 23.9 Å². The Morgan fingerprint density at radius 2 is 2.00 bits per heavy atom. The Balaban J connectivity index is 0.000000223. The molecule has 1 aliphatic carbocycles. The number of hydrogen-bond acceptors (Lipinski definition) is 5. The van der Waals surface area contributed by atoms with Crippen molar-refractivity contribution in [3.05, 3.63) is 102 Å². The van der Waals surface area contributed by atoms with Crippen LogP contribution >= 0.6 is 0 Å². The van der Waals surface area contributed by atoms with E-state index in [1.165, 1.54) is 0 Å². The summed E-state index contributed by atoms with van der Waals surface area (Å²) in [5.74, 6) is 0.227. The smallest absolute Gasteiger partial charge is 0.141 e. The molecular weight excluding hydrogens is 446 g/mol. The summed E-state index contributed by atoms with van der Waals surface area (Å²) >= 11 is 0. The van der Waals surface area contributed by atoms with Crippen LogP contribution in [0.4, 0.5) is 0 Å². The lowest BCUT2D eigenvalue weighted by Gasteiger charge is -2.34. The molecular formula is C30H35N5O. The molecule has 4 rings (SSSR count). The molecule has 1 aromatic carbocycles. The van der Waals surface area contributed by atoms with Crippen LogP contribution < -0.4 is 0 Å². The van der Waals surface area contributed by atoms with Crippen molar-refractivity contribution in [2.75, 3.05) is 33.2 Å². The molecule has 1 fully saturated rings. The first-order valence-electron chi connectivity index (χ1n) is 12.3. The second kappa shape index (κ2) is 13.8. The fourth-order valence-electron chi connectivity index (χ4n) is 4.11. The summed E-state index contributed by atoms with van der Waals surface area (Å²) in [5.41, 5.74) is 4.42. The Labute approximate surface area is 214 Å². The van der Waals surface area contributed by atoms with Crippen LogP contribution in [0, 0.1) is 11.3 Å². The maximum Gasteiger partial charge on any atom is 0.141 e. The number of hydrogen-bond donors (Lipinski definition) is 0. The number of allylic oxidation sites excluding steroid dienone is 8. The number of carbonyl (C=O) groups excluding carboxylic acids is 1. The summed E-state index contributed by atoms with van der Waals surface area (Å²) in [6.07, 6.45) is 18.2. The monoisotopic (exact) mass is 481 g/mol. The lowest BCUT2D eigenvalue weighted by Crippen LogP contribution is -2.43. The van der Waals surface area contributed by atoms with E-state index < -0.39 is 0 Å². The van der Waals surface area contributed by atoms with Gasteiger partial charge in [0.1, 0.15) is 6.29 Å². The molecule has 1 aromatic heterocycles. The van der Waals surface area contributed by atoms with Gasteiger partial charge in [-0.1, -0.05) is 61.2 Å². The van der Waals surface area contributed by atoms with Crippen molar-refractivity contribution < 1.29 is 4.79 Å². The van der Waals surface area contributed by atoms with E-state index >= 15 is 0 Å². The zero-order valence-corrected chi connectivity index (χ0v) is 21.3. The van der Waals surface area contributed by atoms with Gasteiger partial charge in [0.15, 0.2) is 0 Å². The molecule has 0 bridgehead atoms. The number of nitriles is 1. The summed E-state index contributed by atoms with van der Waals surface area (Å²) in [6, 6.07) is 11.5. The average Bonchev–Trinajstić information content (AvgIpc) is 3.34. The van der Waals surface area contributed by atoms with Crippen LogP contribution in [0.2, 0.25) is 0 Å². The minimum atomic E-state index is 0.227. The number of aromatic nitrogens is 2. The minimum Gasteiger partial charge on any atom is -0.369 e. The SMILES string of the molecule is C=C(/C=C\C=C/C)N1CCN(C)CC1.N#Cc1cccc(-c2cc(C3C=CC=CC3)n(CC=O)n2)c1. The Morgan fingerprint density at radius 1 is 1.19 bits per heavy atom. The third-order valence-corrected chi connectivity index (χ3v) is 6.21. The highest BCUT2D eigenvalue weighted by molar-refractivity contribution is 5.62. The van der Waals surface area contributed by atoms with E-state index in [-0.39, 0.29) is 12.5 Å². The summed E-state index contributed by atoms with van der Waals surface area (Å²) in [5, 5.41) is 13.6. The zero-order valence-electron chi connectivity index (χ0n) is 21.3. The Hall–Kier alpha value is -3.95. The molecule has 1 aliphatic heterocycles. The number of rotatable bonds is 7. The molecule has 0 spiro atoms. The first kappa shape index (κ1) is 26.7. The van der Waals surface area contributed by atoms with Crippen LogP contribution in [0.25, 0.3) is 11.3 Å². The Bertz CT molecular complexity index is 1190. The first-order chi connectivity index (χ1) is 17.5. The molecule has 0 saturated carbocycles. The zero-order chi connectivity index (χ0) is 25.8. The van der Waals surface area contributed by atoms with Gasteiger partial charge in [0.25, 0.3) is 0 Å². The Morgan fingerprint density at radius 3 is 2.67 bits per heavy atom. The van der Waals surface area contributed by atoms with Crippen LogP contribution in [-0.4, -0.2) is 59.1 Å². The largest absolute Gasteiger partial charge is 0.369 e. The van der Waals surface area contributed by atoms with E-state index in [9.17, 15) is 4.79 Å². The lowest BCUT2D eigenvalue weighted by atomic mass is 9.96. The van der Waals surface area contributed by atoms with Crippen molar-refractivity contribution >= 4 is 6.29 Å². The van der Waals surface area contributed by atoms with Crippen LogP contribution in [0.5, 0.6) is 0 Å². The van der Waals surface area contributed by atoms with Crippen LogP contribution in [0.3, 0.4) is 0 Å². The number of likely N-dealkylation sites (N-methyl/N-ethyl adjacent to an activating group) is 1. The summed E-state index contributed by atoms with van der Waals surface area (Å²) in [4.78, 5) is 15.6. The van der Waals surface area contributed by atoms with Gasteiger partial charge >= 0.3 is 0 Å². The topological polar surface area (TPSA) is 65.2 Å². The maximum absolute atomic E-state index is 10.9. The van der Waals surface area contributed by atoms with Gasteiger partial charge in [-0.2, -0.15) is 10.4 Å². The van der Waals surface area contributed by atoms with Gasteiger partial charge in [-0.3, -0.25) is 4.68 Å². The number of piperazine rings is 1. The van der Waals surface area contributed by atoms with Crippen molar-refractivity contribution in [3.8, 4) is 17.3 Å². The quantitative estimate of drug-likeness (QED) is 0.407. The van der Waals surface area contributed by atoms with E-state index in [1.54, 1.807) is 10.7 Å². The fraction of sp³-hybridized carbons (Fsp3) is 0.300. The first-order valence-corrected chi connectivity index (χ1v) is 12.3. The second-order valence-electron chi connectivity index (χ2n) is 8.82. The molecule has 1 atom stereocenters. The van der Waals surface area contributed by atoms with Crippen molar-refractivity contribution in [3.63, 3.8) is 0 Å². The second-order valence-corrected chi connectivity index (χ2v) is 8.82. The number of carbonyl (C=O) groups is 1. The highest BCUT2D eigenvalue weighted by atomic mass is 16.1. The van der Waals surface area contributed by atoms with Gasteiger partial charge in [-0.15, -0.1) is 0 Å². The van der Waals surface area contributed by atoms with E-state index in [1.807, 2.05) is 61.6 Å². The lowest BCUT2D eigenvalue weighted by molar-refractivity contribution is -0.108. The van der Waals surface area contributed by atoms with E-state index in [0.29, 0.717) is 5.56 Å². The van der Waals surface area contributed by atoms with E-state index in [0.717, 1.165) is 61.5 Å². The average molecular weight is 482 g/mol. The van der Waals surface area contributed by atoms with E-state index in [4.69, 9.17) is 5.26 Å².